The highest BCUT2D eigenvalue weighted by atomic mass is 32.2. The molecule has 3 N–H and O–H groups in total. The van der Waals surface area contributed by atoms with Gasteiger partial charge < -0.3 is 9.84 Å². The molecule has 0 saturated heterocycles. The lowest BCUT2D eigenvalue weighted by atomic mass is 10.0. The number of phenolic OH excluding ortho intramolecular Hbond substituents is 1. The SMILES string of the molecule is COc1ccc(S(=O)(=O)N(Cc2ccccc2)C(Cc2ccc(O)cc2)C(=O)NO)cc1. The van der Waals surface area contributed by atoms with Crippen LogP contribution in [0.15, 0.2) is 83.8 Å². The van der Waals surface area contributed by atoms with Crippen molar-refractivity contribution >= 4 is 15.9 Å². The molecule has 168 valence electrons. The first-order valence-electron chi connectivity index (χ1n) is 9.77. The number of nitrogens with one attached hydrogen (secondary N) is 1. The van der Waals surface area contributed by atoms with Gasteiger partial charge in [-0.25, -0.2) is 13.9 Å². The van der Waals surface area contributed by atoms with Crippen molar-refractivity contribution in [3.63, 3.8) is 0 Å². The minimum absolute atomic E-state index is 0.0179. The third kappa shape index (κ3) is 5.44. The first kappa shape index (κ1) is 23.3. The molecule has 0 bridgehead atoms. The van der Waals surface area contributed by atoms with Crippen LogP contribution in [0, 0.1) is 0 Å². The van der Waals surface area contributed by atoms with Gasteiger partial charge in [0.25, 0.3) is 5.91 Å². The van der Waals surface area contributed by atoms with Gasteiger partial charge in [0.15, 0.2) is 0 Å². The number of carbonyl (C=O) groups excluding carboxylic acids is 1. The van der Waals surface area contributed by atoms with Crippen LogP contribution in [0.5, 0.6) is 11.5 Å². The standard InChI is InChI=1S/C23H24N2O6S/c1-31-20-11-13-21(14-12-20)32(29,30)25(16-18-5-3-2-4-6-18)22(23(27)24-28)15-17-7-9-19(26)10-8-17/h2-14,22,26,28H,15-16H2,1H3,(H,24,27). The van der Waals surface area contributed by atoms with Gasteiger partial charge in [0.2, 0.25) is 10.0 Å². The Labute approximate surface area is 186 Å². The van der Waals surface area contributed by atoms with Crippen molar-refractivity contribution in [3.05, 3.63) is 90.0 Å². The first-order chi connectivity index (χ1) is 15.3. The van der Waals surface area contributed by atoms with Gasteiger partial charge in [-0.2, -0.15) is 4.31 Å². The molecule has 3 aromatic carbocycles. The Hall–Kier alpha value is -3.40. The Kier molecular flexibility index (Phi) is 7.47. The van der Waals surface area contributed by atoms with Crippen molar-refractivity contribution in [2.24, 2.45) is 0 Å². The summed E-state index contributed by atoms with van der Waals surface area (Å²) < 4.78 is 33.4. The van der Waals surface area contributed by atoms with Gasteiger partial charge in [-0.05, 0) is 53.9 Å². The van der Waals surface area contributed by atoms with E-state index in [4.69, 9.17) is 4.74 Å². The Balaban J connectivity index is 2.06. The van der Waals surface area contributed by atoms with Gasteiger partial charge in [-0.15, -0.1) is 0 Å². The number of aromatic hydroxyl groups is 1. The number of phenols is 1. The number of nitrogens with zero attached hydrogens (tertiary/aromatic N) is 1. The van der Waals surface area contributed by atoms with Crippen LogP contribution in [0.1, 0.15) is 11.1 Å². The summed E-state index contributed by atoms with van der Waals surface area (Å²) >= 11 is 0. The highest BCUT2D eigenvalue weighted by molar-refractivity contribution is 7.89. The number of hydrogen-bond donors (Lipinski definition) is 3. The fraction of sp³-hybridized carbons (Fsp3) is 0.174. The first-order valence-corrected chi connectivity index (χ1v) is 11.2. The summed E-state index contributed by atoms with van der Waals surface area (Å²) in [6, 6.07) is 19.5. The molecule has 9 heteroatoms. The second-order valence-electron chi connectivity index (χ2n) is 7.07. The van der Waals surface area contributed by atoms with Crippen LogP contribution in [0.2, 0.25) is 0 Å². The van der Waals surface area contributed by atoms with Crippen LogP contribution in [-0.2, 0) is 27.8 Å². The highest BCUT2D eigenvalue weighted by Crippen LogP contribution is 2.25. The molecule has 1 unspecified atom stereocenters. The molecule has 0 spiro atoms. The van der Waals surface area contributed by atoms with Gasteiger partial charge in [0, 0.05) is 6.54 Å². The van der Waals surface area contributed by atoms with E-state index in [9.17, 15) is 23.5 Å². The molecule has 0 heterocycles. The molecule has 8 nitrogen and oxygen atoms in total. The molecule has 0 aliphatic heterocycles. The Bertz CT molecular complexity index is 1130. The highest BCUT2D eigenvalue weighted by Gasteiger charge is 2.36. The van der Waals surface area contributed by atoms with Gasteiger partial charge in [-0.1, -0.05) is 42.5 Å². The normalized spacial score (nSPS) is 12.3. The van der Waals surface area contributed by atoms with E-state index in [2.05, 4.69) is 0 Å². The summed E-state index contributed by atoms with van der Waals surface area (Å²) in [5.74, 6) is -0.331. The number of amides is 1. The number of sulfonamides is 1. The molecule has 3 rings (SSSR count). The average Bonchev–Trinajstić information content (AvgIpc) is 2.82. The topological polar surface area (TPSA) is 116 Å². The zero-order valence-electron chi connectivity index (χ0n) is 17.4. The molecular weight excluding hydrogens is 432 g/mol. The molecule has 0 aliphatic carbocycles. The quantitative estimate of drug-likeness (QED) is 0.337. The zero-order chi connectivity index (χ0) is 23.1. The summed E-state index contributed by atoms with van der Waals surface area (Å²) in [7, 11) is -2.67. The lowest BCUT2D eigenvalue weighted by Crippen LogP contribution is -2.49. The number of hydrogen-bond acceptors (Lipinski definition) is 6. The summed E-state index contributed by atoms with van der Waals surface area (Å²) in [6.45, 7) is -0.0919. The van der Waals surface area contributed by atoms with E-state index >= 15 is 0 Å². The maximum Gasteiger partial charge on any atom is 0.262 e. The van der Waals surface area contributed by atoms with E-state index < -0.39 is 22.0 Å². The van der Waals surface area contributed by atoms with E-state index in [1.54, 1.807) is 47.9 Å². The minimum Gasteiger partial charge on any atom is -0.508 e. The molecule has 0 radical (unpaired) electrons. The van der Waals surface area contributed by atoms with Gasteiger partial charge in [0.05, 0.1) is 12.0 Å². The number of methoxy groups -OCH3 is 1. The maximum atomic E-state index is 13.6. The number of ether oxygens (including phenoxy) is 1. The predicted molar refractivity (Wildman–Crippen MR) is 118 cm³/mol. The van der Waals surface area contributed by atoms with Crippen LogP contribution >= 0.6 is 0 Å². The average molecular weight is 457 g/mol. The monoisotopic (exact) mass is 456 g/mol. The van der Waals surface area contributed by atoms with Crippen LogP contribution in [0.25, 0.3) is 0 Å². The fourth-order valence-corrected chi connectivity index (χ4v) is 4.84. The van der Waals surface area contributed by atoms with Crippen molar-refractivity contribution in [2.75, 3.05) is 7.11 Å². The molecule has 0 aliphatic rings. The molecule has 1 amide bonds. The van der Waals surface area contributed by atoms with Crippen LogP contribution in [0.3, 0.4) is 0 Å². The van der Waals surface area contributed by atoms with Crippen LogP contribution < -0.4 is 10.2 Å². The fourth-order valence-electron chi connectivity index (χ4n) is 3.26. The lowest BCUT2D eigenvalue weighted by Gasteiger charge is -2.30. The van der Waals surface area contributed by atoms with Crippen molar-refractivity contribution in [3.8, 4) is 11.5 Å². The van der Waals surface area contributed by atoms with Gasteiger partial charge in [-0.3, -0.25) is 10.0 Å². The van der Waals surface area contributed by atoms with Crippen LogP contribution in [-0.4, -0.2) is 42.1 Å². The van der Waals surface area contributed by atoms with Crippen molar-refractivity contribution in [1.82, 2.24) is 9.79 Å². The Morgan fingerprint density at radius 3 is 2.16 bits per heavy atom. The largest absolute Gasteiger partial charge is 0.508 e. The van der Waals surface area contributed by atoms with E-state index in [0.29, 0.717) is 16.9 Å². The van der Waals surface area contributed by atoms with Gasteiger partial charge in [0.1, 0.15) is 17.5 Å². The summed E-state index contributed by atoms with van der Waals surface area (Å²) in [5.41, 5.74) is 2.87. The Morgan fingerprint density at radius 2 is 1.59 bits per heavy atom. The zero-order valence-corrected chi connectivity index (χ0v) is 18.2. The second kappa shape index (κ2) is 10.3. The minimum atomic E-state index is -4.15. The molecule has 0 saturated carbocycles. The molecular formula is C23H24N2O6S. The molecule has 1 atom stereocenters. The molecule has 0 aromatic heterocycles. The van der Waals surface area contributed by atoms with Crippen molar-refractivity contribution in [1.29, 1.82) is 0 Å². The molecule has 3 aromatic rings. The third-order valence-corrected chi connectivity index (χ3v) is 6.84. The third-order valence-electron chi connectivity index (χ3n) is 4.97. The van der Waals surface area contributed by atoms with E-state index in [1.807, 2.05) is 0 Å². The smallest absolute Gasteiger partial charge is 0.262 e. The van der Waals surface area contributed by atoms with E-state index in [0.717, 1.165) is 4.31 Å². The van der Waals surface area contributed by atoms with E-state index in [1.165, 1.54) is 43.5 Å². The number of rotatable bonds is 9. The molecule has 32 heavy (non-hydrogen) atoms. The Morgan fingerprint density at radius 1 is 0.969 bits per heavy atom. The molecule has 0 fully saturated rings. The van der Waals surface area contributed by atoms with Gasteiger partial charge >= 0.3 is 0 Å². The van der Waals surface area contributed by atoms with Crippen LogP contribution in [0.4, 0.5) is 0 Å². The number of hydroxylamine groups is 1. The van der Waals surface area contributed by atoms with E-state index in [-0.39, 0.29) is 23.6 Å². The lowest BCUT2D eigenvalue weighted by molar-refractivity contribution is -0.133. The summed E-state index contributed by atoms with van der Waals surface area (Å²) in [5, 5.41) is 18.9. The summed E-state index contributed by atoms with van der Waals surface area (Å²) in [4.78, 5) is 12.6. The number of carbonyl (C=O) groups is 1. The maximum absolute atomic E-state index is 13.6. The predicted octanol–water partition coefficient (Wildman–Crippen LogP) is 2.71. The van der Waals surface area contributed by atoms with Crippen molar-refractivity contribution < 1.29 is 28.3 Å². The van der Waals surface area contributed by atoms with Crippen molar-refractivity contribution in [2.45, 2.75) is 23.9 Å². The second-order valence-corrected chi connectivity index (χ2v) is 8.96. The number of benzene rings is 3. The summed E-state index contributed by atoms with van der Waals surface area (Å²) in [6.07, 6.45) is -0.0190.